The molecule has 0 fully saturated rings. The quantitative estimate of drug-likeness (QED) is 0.693. The molecule has 1 aliphatic heterocycles. The smallest absolute Gasteiger partial charge is 0.303 e. The van der Waals surface area contributed by atoms with Crippen molar-refractivity contribution in [3.63, 3.8) is 0 Å². The number of nitrogens with zero attached hydrogens (tertiary/aromatic N) is 2. The van der Waals surface area contributed by atoms with Crippen LogP contribution < -0.4 is 4.90 Å². The summed E-state index contributed by atoms with van der Waals surface area (Å²) in [5, 5.41) is 8.69. The molecule has 1 N–H and O–H groups in total. The Labute approximate surface area is 140 Å². The minimum atomic E-state index is -0.754. The van der Waals surface area contributed by atoms with Crippen LogP contribution in [0.2, 0.25) is 0 Å². The summed E-state index contributed by atoms with van der Waals surface area (Å²) >= 11 is 11.7. The van der Waals surface area contributed by atoms with E-state index in [-0.39, 0.29) is 6.42 Å². The molecule has 1 aromatic rings. The Morgan fingerprint density at radius 1 is 1.27 bits per heavy atom. The third kappa shape index (κ3) is 4.62. The Morgan fingerprint density at radius 3 is 2.64 bits per heavy atom. The van der Waals surface area contributed by atoms with Crippen molar-refractivity contribution in [2.24, 2.45) is 4.99 Å². The summed E-state index contributed by atoms with van der Waals surface area (Å²) in [5.74, 6) is 0.353. The summed E-state index contributed by atoms with van der Waals surface area (Å²) in [4.78, 5) is 17.4. The third-order valence-electron chi connectivity index (χ3n) is 3.67. The molecule has 22 heavy (non-hydrogen) atoms. The zero-order valence-electron chi connectivity index (χ0n) is 12.4. The van der Waals surface area contributed by atoms with Crippen molar-refractivity contribution in [2.75, 3.05) is 29.7 Å². The fourth-order valence-electron chi connectivity index (χ4n) is 2.59. The summed E-state index contributed by atoms with van der Waals surface area (Å²) in [5.41, 5.74) is 4.33. The Balaban J connectivity index is 2.05. The number of hydrogen-bond acceptors (Lipinski definition) is 3. The van der Waals surface area contributed by atoms with E-state index in [2.05, 4.69) is 28.1 Å². The predicted octanol–water partition coefficient (Wildman–Crippen LogP) is 3.85. The lowest BCUT2D eigenvalue weighted by Crippen LogP contribution is -2.27. The highest BCUT2D eigenvalue weighted by molar-refractivity contribution is 6.18. The molecular weight excluding hydrogens is 323 g/mol. The molecule has 0 amide bonds. The van der Waals surface area contributed by atoms with Gasteiger partial charge in [-0.25, -0.2) is 0 Å². The molecule has 0 aliphatic carbocycles. The average Bonchev–Trinajstić information content (AvgIpc) is 2.88. The highest BCUT2D eigenvalue weighted by Crippen LogP contribution is 2.32. The van der Waals surface area contributed by atoms with Crippen LogP contribution in [0.5, 0.6) is 0 Å². The molecule has 2 rings (SSSR count). The van der Waals surface area contributed by atoms with E-state index >= 15 is 0 Å². The lowest BCUT2D eigenvalue weighted by atomic mass is 10.1. The Morgan fingerprint density at radius 2 is 2.00 bits per heavy atom. The van der Waals surface area contributed by atoms with Crippen LogP contribution in [0.15, 0.2) is 23.2 Å². The van der Waals surface area contributed by atoms with Crippen molar-refractivity contribution in [3.05, 3.63) is 23.8 Å². The molecule has 120 valence electrons. The number of alkyl halides is 2. The van der Waals surface area contributed by atoms with E-state index in [1.165, 1.54) is 5.56 Å². The van der Waals surface area contributed by atoms with Gasteiger partial charge in [0.25, 0.3) is 0 Å². The standard InChI is InChI=1S/C16H20Cl2N2O2/c17-6-8-20(9-7-18)14-5-4-12-10-13(19-15(12)11-14)2-1-3-16(21)22/h4-5,11H,1-3,6-10H2,(H,21,22). The number of aliphatic carboxylic acids is 1. The van der Waals surface area contributed by atoms with Gasteiger partial charge in [0.1, 0.15) is 0 Å². The van der Waals surface area contributed by atoms with Crippen molar-refractivity contribution >= 4 is 46.3 Å². The largest absolute Gasteiger partial charge is 0.481 e. The number of carbonyl (C=O) groups is 1. The molecule has 4 nitrogen and oxygen atoms in total. The Bertz CT molecular complexity index is 555. The first-order valence-electron chi connectivity index (χ1n) is 7.42. The van der Waals surface area contributed by atoms with Crippen molar-refractivity contribution in [1.82, 2.24) is 0 Å². The average molecular weight is 343 g/mol. The zero-order chi connectivity index (χ0) is 15.9. The van der Waals surface area contributed by atoms with Crippen LogP contribution in [-0.4, -0.2) is 41.6 Å². The fraction of sp³-hybridized carbons (Fsp3) is 0.500. The van der Waals surface area contributed by atoms with Gasteiger partial charge in [-0.1, -0.05) is 6.07 Å². The zero-order valence-corrected chi connectivity index (χ0v) is 13.9. The van der Waals surface area contributed by atoms with Crippen LogP contribution in [-0.2, 0) is 11.2 Å². The Hall–Kier alpha value is -1.26. The van der Waals surface area contributed by atoms with Crippen LogP contribution >= 0.6 is 23.2 Å². The van der Waals surface area contributed by atoms with Gasteiger partial charge in [-0.2, -0.15) is 0 Å². The topological polar surface area (TPSA) is 52.9 Å². The number of hydrogen-bond donors (Lipinski definition) is 1. The van der Waals surface area contributed by atoms with Gasteiger partial charge in [0.15, 0.2) is 0 Å². The van der Waals surface area contributed by atoms with Crippen LogP contribution in [0.1, 0.15) is 24.8 Å². The van der Waals surface area contributed by atoms with Crippen LogP contribution in [0.4, 0.5) is 11.4 Å². The Kier molecular flexibility index (Phi) is 6.52. The third-order valence-corrected chi connectivity index (χ3v) is 4.01. The molecule has 0 saturated heterocycles. The maximum Gasteiger partial charge on any atom is 0.303 e. The van der Waals surface area contributed by atoms with Gasteiger partial charge in [0.05, 0.1) is 5.69 Å². The van der Waals surface area contributed by atoms with E-state index in [1.807, 2.05) is 0 Å². The molecule has 0 aromatic heterocycles. The lowest BCUT2D eigenvalue weighted by Gasteiger charge is -2.23. The molecule has 0 bridgehead atoms. The number of carboxylic acids is 1. The van der Waals surface area contributed by atoms with Gasteiger partial charge in [0.2, 0.25) is 0 Å². The highest BCUT2D eigenvalue weighted by atomic mass is 35.5. The summed E-state index contributed by atoms with van der Waals surface area (Å²) in [6.45, 7) is 1.50. The van der Waals surface area contributed by atoms with Gasteiger partial charge in [-0.3, -0.25) is 9.79 Å². The van der Waals surface area contributed by atoms with E-state index in [1.54, 1.807) is 0 Å². The van der Waals surface area contributed by atoms with Gasteiger partial charge in [-0.05, 0) is 30.5 Å². The second-order valence-electron chi connectivity index (χ2n) is 5.28. The number of halogens is 2. The minimum Gasteiger partial charge on any atom is -0.481 e. The minimum absolute atomic E-state index is 0.194. The predicted molar refractivity (Wildman–Crippen MR) is 92.4 cm³/mol. The van der Waals surface area contributed by atoms with Crippen molar-refractivity contribution < 1.29 is 9.90 Å². The number of aliphatic imine (C=N–C) groups is 1. The molecule has 0 spiro atoms. The van der Waals surface area contributed by atoms with Crippen molar-refractivity contribution in [2.45, 2.75) is 25.7 Å². The highest BCUT2D eigenvalue weighted by Gasteiger charge is 2.16. The molecule has 0 unspecified atom stereocenters. The van der Waals surface area contributed by atoms with Crippen LogP contribution in [0.25, 0.3) is 0 Å². The first-order chi connectivity index (χ1) is 10.6. The van der Waals surface area contributed by atoms with E-state index in [0.29, 0.717) is 18.2 Å². The maximum absolute atomic E-state index is 10.6. The summed E-state index contributed by atoms with van der Waals surface area (Å²) in [6.07, 6.45) is 2.39. The van der Waals surface area contributed by atoms with Gasteiger partial charge < -0.3 is 10.0 Å². The maximum atomic E-state index is 10.6. The monoisotopic (exact) mass is 342 g/mol. The summed E-state index contributed by atoms with van der Waals surface area (Å²) in [7, 11) is 0. The molecule has 0 atom stereocenters. The van der Waals surface area contributed by atoms with E-state index in [4.69, 9.17) is 28.3 Å². The normalized spacial score (nSPS) is 12.9. The SMILES string of the molecule is O=C(O)CCCC1=Nc2cc(N(CCCl)CCCl)ccc2C1. The van der Waals surface area contributed by atoms with Crippen molar-refractivity contribution in [1.29, 1.82) is 0 Å². The second kappa shape index (κ2) is 8.39. The summed E-state index contributed by atoms with van der Waals surface area (Å²) < 4.78 is 0. The molecule has 1 aliphatic rings. The molecule has 6 heteroatoms. The molecule has 0 saturated carbocycles. The van der Waals surface area contributed by atoms with E-state index in [9.17, 15) is 4.79 Å². The fourth-order valence-corrected chi connectivity index (χ4v) is 3.00. The number of carboxylic acid groups (broad SMARTS) is 1. The first-order valence-corrected chi connectivity index (χ1v) is 8.49. The number of fused-ring (bicyclic) bond motifs is 1. The van der Waals surface area contributed by atoms with Gasteiger partial charge in [-0.15, -0.1) is 23.2 Å². The number of rotatable bonds is 9. The summed E-state index contributed by atoms with van der Waals surface area (Å²) in [6, 6.07) is 6.24. The number of benzene rings is 1. The molecular formula is C16H20Cl2N2O2. The molecule has 0 radical (unpaired) electrons. The van der Waals surface area contributed by atoms with Gasteiger partial charge in [0, 0.05) is 49.1 Å². The van der Waals surface area contributed by atoms with Crippen LogP contribution in [0.3, 0.4) is 0 Å². The molecule has 1 heterocycles. The van der Waals surface area contributed by atoms with Crippen LogP contribution in [0, 0.1) is 0 Å². The van der Waals surface area contributed by atoms with E-state index in [0.717, 1.165) is 43.0 Å². The number of anilines is 1. The lowest BCUT2D eigenvalue weighted by molar-refractivity contribution is -0.137. The first kappa shape index (κ1) is 17.1. The van der Waals surface area contributed by atoms with Crippen molar-refractivity contribution in [3.8, 4) is 0 Å². The molecule has 1 aromatic carbocycles. The second-order valence-corrected chi connectivity index (χ2v) is 6.04. The van der Waals surface area contributed by atoms with E-state index < -0.39 is 5.97 Å². The van der Waals surface area contributed by atoms with Gasteiger partial charge >= 0.3 is 5.97 Å².